The number of hydrogen-bond donors (Lipinski definition) is 1. The second-order valence-electron chi connectivity index (χ2n) is 4.45. The predicted octanol–water partition coefficient (Wildman–Crippen LogP) is 1.39. The van der Waals surface area contributed by atoms with E-state index in [1.54, 1.807) is 19.2 Å². The molecule has 0 bridgehead atoms. The van der Waals surface area contributed by atoms with Gasteiger partial charge < -0.3 is 15.4 Å². The maximum Gasteiger partial charge on any atom is 0.292 e. The summed E-state index contributed by atoms with van der Waals surface area (Å²) in [6, 6.07) is 4.82. The Morgan fingerprint density at radius 1 is 1.61 bits per heavy atom. The molecule has 1 aromatic rings. The molecule has 6 nitrogen and oxygen atoms in total. The van der Waals surface area contributed by atoms with Gasteiger partial charge >= 0.3 is 0 Å². The van der Waals surface area contributed by atoms with Crippen LogP contribution in [0, 0.1) is 16.0 Å². The fraction of sp³-hybridized carbons (Fsp3) is 0.500. The van der Waals surface area contributed by atoms with Gasteiger partial charge in [0, 0.05) is 25.2 Å². The predicted molar refractivity (Wildman–Crippen MR) is 69.0 cm³/mol. The van der Waals surface area contributed by atoms with Gasteiger partial charge in [0.1, 0.15) is 11.4 Å². The Morgan fingerprint density at radius 2 is 2.39 bits per heavy atom. The smallest absolute Gasteiger partial charge is 0.292 e. The summed E-state index contributed by atoms with van der Waals surface area (Å²) in [7, 11) is 1.55. The van der Waals surface area contributed by atoms with Gasteiger partial charge in [-0.05, 0) is 24.9 Å². The zero-order valence-electron chi connectivity index (χ0n) is 10.3. The zero-order chi connectivity index (χ0) is 13.1. The fourth-order valence-electron chi connectivity index (χ4n) is 2.28. The van der Waals surface area contributed by atoms with Crippen LogP contribution in [0.2, 0.25) is 0 Å². The summed E-state index contributed by atoms with van der Waals surface area (Å²) >= 11 is 0. The summed E-state index contributed by atoms with van der Waals surface area (Å²) < 4.78 is 5.13. The van der Waals surface area contributed by atoms with Gasteiger partial charge in [-0.25, -0.2) is 0 Å². The number of nitrogens with zero attached hydrogens (tertiary/aromatic N) is 2. The molecule has 0 amide bonds. The molecule has 6 heteroatoms. The lowest BCUT2D eigenvalue weighted by molar-refractivity contribution is -0.384. The maximum absolute atomic E-state index is 11.0. The van der Waals surface area contributed by atoms with Crippen LogP contribution in [0.4, 0.5) is 11.4 Å². The van der Waals surface area contributed by atoms with Crippen LogP contribution in [0.25, 0.3) is 0 Å². The highest BCUT2D eigenvalue weighted by Gasteiger charge is 2.27. The van der Waals surface area contributed by atoms with E-state index in [0.717, 1.165) is 19.5 Å². The van der Waals surface area contributed by atoms with E-state index in [0.29, 0.717) is 23.9 Å². The van der Waals surface area contributed by atoms with Crippen molar-refractivity contribution in [1.82, 2.24) is 0 Å². The molecule has 98 valence electrons. The van der Waals surface area contributed by atoms with Crippen molar-refractivity contribution in [2.24, 2.45) is 11.7 Å². The van der Waals surface area contributed by atoms with Crippen molar-refractivity contribution < 1.29 is 9.66 Å². The first-order valence-corrected chi connectivity index (χ1v) is 5.93. The SMILES string of the molecule is COc1ccc([N+](=O)[O-])c(N2CCC(CN)C2)c1. The molecule has 0 radical (unpaired) electrons. The summed E-state index contributed by atoms with van der Waals surface area (Å²) in [5, 5.41) is 11.0. The van der Waals surface area contributed by atoms with Crippen LogP contribution in [0.15, 0.2) is 18.2 Å². The van der Waals surface area contributed by atoms with Crippen LogP contribution < -0.4 is 15.4 Å². The lowest BCUT2D eigenvalue weighted by Gasteiger charge is -2.19. The maximum atomic E-state index is 11.0. The van der Waals surface area contributed by atoms with Gasteiger partial charge in [-0.1, -0.05) is 0 Å². The lowest BCUT2D eigenvalue weighted by atomic mass is 10.1. The van der Waals surface area contributed by atoms with Crippen LogP contribution in [0.3, 0.4) is 0 Å². The molecule has 1 aromatic carbocycles. The number of nitro benzene ring substituents is 1. The van der Waals surface area contributed by atoms with Crippen LogP contribution >= 0.6 is 0 Å². The molecular formula is C12H17N3O3. The molecule has 1 unspecified atom stereocenters. The average Bonchev–Trinajstić information content (AvgIpc) is 2.86. The number of nitro groups is 1. The van der Waals surface area contributed by atoms with Gasteiger partial charge in [0.25, 0.3) is 5.69 Å². The Morgan fingerprint density at radius 3 is 2.94 bits per heavy atom. The van der Waals surface area contributed by atoms with E-state index in [-0.39, 0.29) is 10.6 Å². The summed E-state index contributed by atoms with van der Waals surface area (Å²) in [4.78, 5) is 12.7. The molecule has 1 saturated heterocycles. The molecule has 0 aliphatic carbocycles. The number of benzene rings is 1. The van der Waals surface area contributed by atoms with E-state index in [1.807, 2.05) is 4.90 Å². The zero-order valence-corrected chi connectivity index (χ0v) is 10.3. The lowest BCUT2D eigenvalue weighted by Crippen LogP contribution is -2.23. The van der Waals surface area contributed by atoms with Crippen molar-refractivity contribution in [2.45, 2.75) is 6.42 Å². The first-order chi connectivity index (χ1) is 8.65. The van der Waals surface area contributed by atoms with E-state index in [1.165, 1.54) is 6.07 Å². The van der Waals surface area contributed by atoms with Gasteiger partial charge in [-0.2, -0.15) is 0 Å². The molecule has 2 N–H and O–H groups in total. The number of nitrogens with two attached hydrogens (primary N) is 1. The van der Waals surface area contributed by atoms with Crippen molar-refractivity contribution in [2.75, 3.05) is 31.6 Å². The first-order valence-electron chi connectivity index (χ1n) is 5.93. The van der Waals surface area contributed by atoms with Crippen molar-refractivity contribution in [3.63, 3.8) is 0 Å². The number of hydrogen-bond acceptors (Lipinski definition) is 5. The Labute approximate surface area is 105 Å². The normalized spacial score (nSPS) is 19.0. The highest BCUT2D eigenvalue weighted by molar-refractivity contribution is 5.66. The topological polar surface area (TPSA) is 81.6 Å². The Kier molecular flexibility index (Phi) is 3.66. The molecule has 18 heavy (non-hydrogen) atoms. The van der Waals surface area contributed by atoms with Gasteiger partial charge in [0.15, 0.2) is 0 Å². The molecular weight excluding hydrogens is 234 g/mol. The second kappa shape index (κ2) is 5.22. The van der Waals surface area contributed by atoms with Crippen LogP contribution in [0.5, 0.6) is 5.75 Å². The molecule has 1 aliphatic rings. The summed E-state index contributed by atoms with van der Waals surface area (Å²) in [5.74, 6) is 1.04. The number of anilines is 1. The summed E-state index contributed by atoms with van der Waals surface area (Å²) in [6.07, 6.45) is 0.977. The molecule has 1 heterocycles. The average molecular weight is 251 g/mol. The Hall–Kier alpha value is -1.82. The first kappa shape index (κ1) is 12.6. The molecule has 2 rings (SSSR count). The van der Waals surface area contributed by atoms with Crippen molar-refractivity contribution >= 4 is 11.4 Å². The third-order valence-corrected chi connectivity index (χ3v) is 3.34. The Balaban J connectivity index is 2.32. The van der Waals surface area contributed by atoms with E-state index < -0.39 is 0 Å². The molecule has 0 spiro atoms. The number of methoxy groups -OCH3 is 1. The molecule has 1 aliphatic heterocycles. The minimum Gasteiger partial charge on any atom is -0.497 e. The van der Waals surface area contributed by atoms with Gasteiger partial charge in [0.05, 0.1) is 12.0 Å². The van der Waals surface area contributed by atoms with Crippen LogP contribution in [-0.2, 0) is 0 Å². The second-order valence-corrected chi connectivity index (χ2v) is 4.45. The molecule has 0 aromatic heterocycles. The minimum atomic E-state index is -0.357. The molecule has 1 atom stereocenters. The van der Waals surface area contributed by atoms with Crippen molar-refractivity contribution in [3.05, 3.63) is 28.3 Å². The molecule has 1 fully saturated rings. The van der Waals surface area contributed by atoms with Gasteiger partial charge in [0.2, 0.25) is 0 Å². The number of ether oxygens (including phenoxy) is 1. The standard InChI is InChI=1S/C12H17N3O3/c1-18-10-2-3-11(15(16)17)12(6-10)14-5-4-9(7-13)8-14/h2-3,6,9H,4-5,7-8,13H2,1H3. The van der Waals surface area contributed by atoms with Crippen LogP contribution in [-0.4, -0.2) is 31.7 Å². The van der Waals surface area contributed by atoms with Crippen molar-refractivity contribution in [1.29, 1.82) is 0 Å². The largest absolute Gasteiger partial charge is 0.497 e. The van der Waals surface area contributed by atoms with Crippen molar-refractivity contribution in [3.8, 4) is 5.75 Å². The highest BCUT2D eigenvalue weighted by atomic mass is 16.6. The monoisotopic (exact) mass is 251 g/mol. The molecule has 0 saturated carbocycles. The van der Waals surface area contributed by atoms with E-state index >= 15 is 0 Å². The van der Waals surface area contributed by atoms with E-state index in [9.17, 15) is 10.1 Å². The third-order valence-electron chi connectivity index (χ3n) is 3.34. The van der Waals surface area contributed by atoms with Gasteiger partial charge in [-0.15, -0.1) is 0 Å². The number of rotatable bonds is 4. The minimum absolute atomic E-state index is 0.119. The summed E-state index contributed by atoms with van der Waals surface area (Å²) in [6.45, 7) is 2.19. The summed E-state index contributed by atoms with van der Waals surface area (Å²) in [5.41, 5.74) is 6.38. The Bertz CT molecular complexity index is 450. The third kappa shape index (κ3) is 2.38. The van der Waals surface area contributed by atoms with Crippen LogP contribution in [0.1, 0.15) is 6.42 Å². The van der Waals surface area contributed by atoms with Gasteiger partial charge in [-0.3, -0.25) is 10.1 Å². The van der Waals surface area contributed by atoms with E-state index in [4.69, 9.17) is 10.5 Å². The van der Waals surface area contributed by atoms with E-state index in [2.05, 4.69) is 0 Å². The highest BCUT2D eigenvalue weighted by Crippen LogP contribution is 2.34. The fourth-order valence-corrected chi connectivity index (χ4v) is 2.28. The quantitative estimate of drug-likeness (QED) is 0.646.